The van der Waals surface area contributed by atoms with E-state index in [4.69, 9.17) is 27.9 Å². The van der Waals surface area contributed by atoms with Crippen molar-refractivity contribution in [3.8, 4) is 0 Å². The second-order valence-corrected chi connectivity index (χ2v) is 7.95. The van der Waals surface area contributed by atoms with Crippen molar-refractivity contribution in [2.75, 3.05) is 51.8 Å². The number of rotatable bonds is 7. The number of nitrogens with one attached hydrogen (secondary N) is 1. The fourth-order valence-electron chi connectivity index (χ4n) is 3.62. The van der Waals surface area contributed by atoms with Gasteiger partial charge in [0.25, 0.3) is 0 Å². The van der Waals surface area contributed by atoms with Crippen LogP contribution in [0.2, 0.25) is 10.0 Å². The number of carbonyl (C=O) groups is 3. The molecule has 3 rings (SSSR count). The topological polar surface area (TPSA) is 82.2 Å². The van der Waals surface area contributed by atoms with Crippen molar-refractivity contribution < 1.29 is 19.1 Å². The molecule has 158 valence electrons. The molecule has 0 bridgehead atoms. The third kappa shape index (κ3) is 5.39. The van der Waals surface area contributed by atoms with Crippen LogP contribution >= 0.6 is 23.2 Å². The highest BCUT2D eigenvalue weighted by Crippen LogP contribution is 2.25. The summed E-state index contributed by atoms with van der Waals surface area (Å²) in [6.07, 6.45) is 1.44. The molecule has 10 heteroatoms. The van der Waals surface area contributed by atoms with Gasteiger partial charge in [-0.3, -0.25) is 19.4 Å². The summed E-state index contributed by atoms with van der Waals surface area (Å²) in [7, 11) is 1.54. The van der Waals surface area contributed by atoms with Crippen molar-refractivity contribution in [3.63, 3.8) is 0 Å². The average Bonchev–Trinajstić information content (AvgIpc) is 2.97. The molecule has 0 spiro atoms. The standard InChI is InChI=1S/C19H24Cl2N4O4/c1-29-9-8-24-18(27)12-25(19(24)28)14-4-6-23(7-5-14)11-17(26)22-13-2-3-15(20)16(21)10-13/h2-3,10,14H,4-9,11-12H2,1H3,(H,22,26). The first-order valence-corrected chi connectivity index (χ1v) is 10.2. The number of anilines is 1. The van der Waals surface area contributed by atoms with Gasteiger partial charge in [-0.1, -0.05) is 23.2 Å². The van der Waals surface area contributed by atoms with E-state index in [9.17, 15) is 14.4 Å². The number of amides is 4. The Hall–Kier alpha value is -1.87. The molecule has 1 N–H and O–H groups in total. The lowest BCUT2D eigenvalue weighted by Crippen LogP contribution is -2.48. The number of carbonyl (C=O) groups excluding carboxylic acids is 3. The van der Waals surface area contributed by atoms with Gasteiger partial charge in [-0.2, -0.15) is 0 Å². The average molecular weight is 443 g/mol. The van der Waals surface area contributed by atoms with Gasteiger partial charge in [0.05, 0.1) is 29.7 Å². The number of hydrogen-bond acceptors (Lipinski definition) is 5. The van der Waals surface area contributed by atoms with Crippen LogP contribution in [0.1, 0.15) is 12.8 Å². The lowest BCUT2D eigenvalue weighted by atomic mass is 10.0. The number of imide groups is 1. The molecule has 0 aromatic heterocycles. The number of piperidine rings is 1. The molecule has 4 amide bonds. The van der Waals surface area contributed by atoms with Crippen LogP contribution < -0.4 is 5.32 Å². The monoisotopic (exact) mass is 442 g/mol. The predicted octanol–water partition coefficient (Wildman–Crippen LogP) is 2.31. The Balaban J connectivity index is 1.46. The fourth-order valence-corrected chi connectivity index (χ4v) is 3.91. The molecule has 2 aliphatic heterocycles. The van der Waals surface area contributed by atoms with Gasteiger partial charge in [0.2, 0.25) is 11.8 Å². The Kier molecular flexibility index (Phi) is 7.34. The molecular weight excluding hydrogens is 419 g/mol. The van der Waals surface area contributed by atoms with Crippen LogP contribution in [-0.4, -0.2) is 85.0 Å². The van der Waals surface area contributed by atoms with Crippen LogP contribution in [0, 0.1) is 0 Å². The number of nitrogens with zero attached hydrogens (tertiary/aromatic N) is 3. The molecule has 0 aliphatic carbocycles. The van der Waals surface area contributed by atoms with E-state index in [0.29, 0.717) is 35.4 Å². The molecule has 2 fully saturated rings. The molecule has 0 atom stereocenters. The zero-order valence-corrected chi connectivity index (χ0v) is 17.7. The molecular formula is C19H24Cl2N4O4. The van der Waals surface area contributed by atoms with Crippen LogP contribution in [-0.2, 0) is 14.3 Å². The summed E-state index contributed by atoms with van der Waals surface area (Å²) in [5.41, 5.74) is 0.594. The third-order valence-electron chi connectivity index (χ3n) is 5.17. The van der Waals surface area contributed by atoms with E-state index in [1.54, 1.807) is 23.1 Å². The minimum Gasteiger partial charge on any atom is -0.383 e. The van der Waals surface area contributed by atoms with Crippen LogP contribution in [0.4, 0.5) is 10.5 Å². The Morgan fingerprint density at radius 1 is 1.21 bits per heavy atom. The minimum absolute atomic E-state index is 0.00776. The summed E-state index contributed by atoms with van der Waals surface area (Å²) in [4.78, 5) is 41.8. The molecule has 0 unspecified atom stereocenters. The van der Waals surface area contributed by atoms with Crippen LogP contribution in [0.15, 0.2) is 18.2 Å². The number of ether oxygens (including phenoxy) is 1. The van der Waals surface area contributed by atoms with Gasteiger partial charge in [-0.15, -0.1) is 0 Å². The summed E-state index contributed by atoms with van der Waals surface area (Å²) >= 11 is 11.9. The second kappa shape index (κ2) is 9.75. The number of hydrogen-bond donors (Lipinski definition) is 1. The van der Waals surface area contributed by atoms with Crippen molar-refractivity contribution in [1.29, 1.82) is 0 Å². The van der Waals surface area contributed by atoms with E-state index < -0.39 is 0 Å². The van der Waals surface area contributed by atoms with Gasteiger partial charge in [-0.05, 0) is 31.0 Å². The zero-order valence-electron chi connectivity index (χ0n) is 16.2. The Labute approximate surface area is 179 Å². The van der Waals surface area contributed by atoms with Gasteiger partial charge in [0.1, 0.15) is 6.54 Å². The Bertz CT molecular complexity index is 783. The second-order valence-electron chi connectivity index (χ2n) is 7.13. The number of urea groups is 1. The van der Waals surface area contributed by atoms with E-state index in [2.05, 4.69) is 5.32 Å². The van der Waals surface area contributed by atoms with E-state index in [1.165, 1.54) is 12.0 Å². The summed E-state index contributed by atoms with van der Waals surface area (Å²) < 4.78 is 4.96. The normalized spacial score (nSPS) is 18.6. The Morgan fingerprint density at radius 2 is 1.93 bits per heavy atom. The van der Waals surface area contributed by atoms with Gasteiger partial charge < -0.3 is 15.0 Å². The van der Waals surface area contributed by atoms with E-state index in [-0.39, 0.29) is 43.5 Å². The number of halogens is 2. The maximum absolute atomic E-state index is 12.5. The molecule has 2 aliphatic rings. The van der Waals surface area contributed by atoms with E-state index in [0.717, 1.165) is 12.8 Å². The minimum atomic E-state index is -0.247. The van der Waals surface area contributed by atoms with Gasteiger partial charge >= 0.3 is 6.03 Å². The molecule has 2 saturated heterocycles. The van der Waals surface area contributed by atoms with Gasteiger partial charge in [0, 0.05) is 31.9 Å². The molecule has 0 radical (unpaired) electrons. The molecule has 2 heterocycles. The number of likely N-dealkylation sites (tertiary alicyclic amines) is 1. The maximum Gasteiger partial charge on any atom is 0.327 e. The first kappa shape index (κ1) is 21.8. The molecule has 1 aromatic carbocycles. The SMILES string of the molecule is COCCN1C(=O)CN(C2CCN(CC(=O)Nc3ccc(Cl)c(Cl)c3)CC2)C1=O. The summed E-state index contributed by atoms with van der Waals surface area (Å²) in [6, 6.07) is 4.70. The van der Waals surface area contributed by atoms with Crippen molar-refractivity contribution in [2.45, 2.75) is 18.9 Å². The van der Waals surface area contributed by atoms with Gasteiger partial charge in [0.15, 0.2) is 0 Å². The molecule has 0 saturated carbocycles. The lowest BCUT2D eigenvalue weighted by Gasteiger charge is -2.35. The van der Waals surface area contributed by atoms with Crippen molar-refractivity contribution in [2.24, 2.45) is 0 Å². The van der Waals surface area contributed by atoms with Crippen molar-refractivity contribution >= 4 is 46.7 Å². The highest BCUT2D eigenvalue weighted by Gasteiger charge is 2.40. The maximum atomic E-state index is 12.5. The van der Waals surface area contributed by atoms with Gasteiger partial charge in [-0.25, -0.2) is 4.79 Å². The first-order valence-electron chi connectivity index (χ1n) is 9.46. The molecule has 8 nitrogen and oxygen atoms in total. The summed E-state index contributed by atoms with van der Waals surface area (Å²) in [5.74, 6) is -0.324. The van der Waals surface area contributed by atoms with Crippen molar-refractivity contribution in [1.82, 2.24) is 14.7 Å². The van der Waals surface area contributed by atoms with Crippen molar-refractivity contribution in [3.05, 3.63) is 28.2 Å². The first-order chi connectivity index (χ1) is 13.9. The zero-order chi connectivity index (χ0) is 21.0. The lowest BCUT2D eigenvalue weighted by molar-refractivity contribution is -0.125. The highest BCUT2D eigenvalue weighted by atomic mass is 35.5. The van der Waals surface area contributed by atoms with Crippen LogP contribution in [0.5, 0.6) is 0 Å². The van der Waals surface area contributed by atoms with E-state index in [1.807, 2.05) is 4.90 Å². The predicted molar refractivity (Wildman–Crippen MR) is 110 cm³/mol. The quantitative estimate of drug-likeness (QED) is 0.655. The van der Waals surface area contributed by atoms with Crippen LogP contribution in [0.3, 0.4) is 0 Å². The summed E-state index contributed by atoms with van der Waals surface area (Å²) in [6.45, 7) is 2.33. The molecule has 29 heavy (non-hydrogen) atoms. The Morgan fingerprint density at radius 3 is 2.59 bits per heavy atom. The smallest absolute Gasteiger partial charge is 0.327 e. The van der Waals surface area contributed by atoms with Crippen LogP contribution in [0.25, 0.3) is 0 Å². The fraction of sp³-hybridized carbons (Fsp3) is 0.526. The number of methoxy groups -OCH3 is 1. The molecule has 1 aromatic rings. The number of benzene rings is 1. The van der Waals surface area contributed by atoms with E-state index >= 15 is 0 Å². The third-order valence-corrected chi connectivity index (χ3v) is 5.91. The summed E-state index contributed by atoms with van der Waals surface area (Å²) in [5, 5.41) is 3.63. The highest BCUT2D eigenvalue weighted by molar-refractivity contribution is 6.42. The largest absolute Gasteiger partial charge is 0.383 e.